The van der Waals surface area contributed by atoms with Crippen molar-refractivity contribution in [1.29, 1.82) is 0 Å². The number of nitro benzene ring substituents is 1. The van der Waals surface area contributed by atoms with Gasteiger partial charge in [-0.2, -0.15) is 4.31 Å². The summed E-state index contributed by atoms with van der Waals surface area (Å²) in [7, 11) is -3.82. The molecule has 1 N–H and O–H groups in total. The van der Waals surface area contributed by atoms with Crippen LogP contribution in [0, 0.1) is 16.0 Å². The maximum absolute atomic E-state index is 12.7. The number of fused-ring (bicyclic) bond motifs is 1. The maximum atomic E-state index is 12.7. The quantitative estimate of drug-likeness (QED) is 0.650. The number of sulfonamides is 1. The Balaban J connectivity index is 2.03. The van der Waals surface area contributed by atoms with E-state index in [0.29, 0.717) is 19.0 Å². The second kappa shape index (κ2) is 4.80. The first kappa shape index (κ1) is 13.5. The van der Waals surface area contributed by atoms with Crippen LogP contribution in [0.1, 0.15) is 6.42 Å². The Morgan fingerprint density at radius 3 is 2.80 bits per heavy atom. The van der Waals surface area contributed by atoms with E-state index in [4.69, 9.17) is 0 Å². The van der Waals surface area contributed by atoms with Gasteiger partial charge in [-0.3, -0.25) is 10.1 Å². The zero-order valence-corrected chi connectivity index (χ0v) is 11.5. The van der Waals surface area contributed by atoms with Gasteiger partial charge in [-0.05, 0) is 24.9 Å². The van der Waals surface area contributed by atoms with Gasteiger partial charge in [0.05, 0.1) is 4.92 Å². The highest BCUT2D eigenvalue weighted by molar-refractivity contribution is 7.89. The number of nitrogens with zero attached hydrogens (tertiary/aromatic N) is 2. The molecule has 0 aliphatic carbocycles. The first-order chi connectivity index (χ1) is 9.51. The minimum Gasteiger partial charge on any atom is -0.315 e. The molecule has 8 heteroatoms. The van der Waals surface area contributed by atoms with Gasteiger partial charge in [0.15, 0.2) is 4.90 Å². The molecular weight excluding hydrogens is 282 g/mol. The van der Waals surface area contributed by atoms with Gasteiger partial charge in [-0.15, -0.1) is 0 Å². The Kier molecular flexibility index (Phi) is 3.23. The molecule has 2 saturated heterocycles. The van der Waals surface area contributed by atoms with E-state index in [9.17, 15) is 18.5 Å². The first-order valence-electron chi connectivity index (χ1n) is 6.48. The fourth-order valence-electron chi connectivity index (χ4n) is 3.06. The Bertz CT molecular complexity index is 646. The summed E-state index contributed by atoms with van der Waals surface area (Å²) in [5.41, 5.74) is -0.359. The number of hydrogen-bond donors (Lipinski definition) is 1. The molecule has 2 heterocycles. The van der Waals surface area contributed by atoms with Crippen LogP contribution < -0.4 is 5.32 Å². The lowest BCUT2D eigenvalue weighted by Crippen LogP contribution is -2.39. The van der Waals surface area contributed by atoms with E-state index < -0.39 is 14.9 Å². The fraction of sp³-hybridized carbons (Fsp3) is 0.500. The largest absolute Gasteiger partial charge is 0.315 e. The molecule has 3 rings (SSSR count). The smallest absolute Gasteiger partial charge is 0.289 e. The number of nitro groups is 1. The van der Waals surface area contributed by atoms with Crippen molar-refractivity contribution < 1.29 is 13.3 Å². The lowest BCUT2D eigenvalue weighted by atomic mass is 10.1. The molecule has 0 bridgehead atoms. The van der Waals surface area contributed by atoms with E-state index in [1.807, 2.05) is 0 Å². The summed E-state index contributed by atoms with van der Waals surface area (Å²) in [6.07, 6.45) is 0.803. The molecule has 0 unspecified atom stereocenters. The highest BCUT2D eigenvalue weighted by Crippen LogP contribution is 2.34. The van der Waals surface area contributed by atoms with E-state index in [0.717, 1.165) is 13.0 Å². The van der Waals surface area contributed by atoms with E-state index in [1.54, 1.807) is 0 Å². The molecule has 1 aromatic rings. The van der Waals surface area contributed by atoms with Crippen molar-refractivity contribution in [2.24, 2.45) is 5.92 Å². The van der Waals surface area contributed by atoms with Crippen LogP contribution in [0.25, 0.3) is 0 Å². The van der Waals surface area contributed by atoms with Crippen LogP contribution in [0.4, 0.5) is 5.69 Å². The molecule has 20 heavy (non-hydrogen) atoms. The summed E-state index contributed by atoms with van der Waals surface area (Å²) < 4.78 is 26.8. The number of benzene rings is 1. The lowest BCUT2D eigenvalue weighted by Gasteiger charge is -2.22. The van der Waals surface area contributed by atoms with Gasteiger partial charge < -0.3 is 5.32 Å². The summed E-state index contributed by atoms with van der Waals surface area (Å²) in [5, 5.41) is 14.2. The Morgan fingerprint density at radius 2 is 2.05 bits per heavy atom. The molecule has 108 valence electrons. The molecule has 0 saturated carbocycles. The summed E-state index contributed by atoms with van der Waals surface area (Å²) in [4.78, 5) is 10.2. The van der Waals surface area contributed by atoms with Gasteiger partial charge in [0, 0.05) is 25.2 Å². The number of para-hydroxylation sites is 1. The van der Waals surface area contributed by atoms with Crippen LogP contribution >= 0.6 is 0 Å². The van der Waals surface area contributed by atoms with Gasteiger partial charge in [-0.25, -0.2) is 8.42 Å². The predicted octanol–water partition coefficient (Wildman–Crippen LogP) is 0.577. The molecule has 2 aliphatic heterocycles. The van der Waals surface area contributed by atoms with Crippen molar-refractivity contribution in [2.45, 2.75) is 17.4 Å². The van der Waals surface area contributed by atoms with Crippen LogP contribution in [0.5, 0.6) is 0 Å². The third-order valence-electron chi connectivity index (χ3n) is 4.04. The van der Waals surface area contributed by atoms with Crippen molar-refractivity contribution in [2.75, 3.05) is 19.6 Å². The fourth-order valence-corrected chi connectivity index (χ4v) is 4.92. The Labute approximate surface area is 116 Å². The molecule has 0 spiro atoms. The van der Waals surface area contributed by atoms with Crippen LogP contribution in [-0.4, -0.2) is 43.3 Å². The summed E-state index contributed by atoms with van der Waals surface area (Å²) in [5.74, 6) is 0.313. The van der Waals surface area contributed by atoms with E-state index in [2.05, 4.69) is 5.32 Å². The molecule has 1 aromatic carbocycles. The van der Waals surface area contributed by atoms with Crippen LogP contribution in [-0.2, 0) is 10.0 Å². The van der Waals surface area contributed by atoms with Crippen molar-refractivity contribution in [3.05, 3.63) is 34.4 Å². The van der Waals surface area contributed by atoms with E-state index >= 15 is 0 Å². The second-order valence-corrected chi connectivity index (χ2v) is 6.97. The molecular formula is C12H15N3O4S. The molecule has 2 fully saturated rings. The molecule has 0 aromatic heterocycles. The molecule has 7 nitrogen and oxygen atoms in total. The average molecular weight is 297 g/mol. The van der Waals surface area contributed by atoms with Crippen LogP contribution in [0.15, 0.2) is 29.2 Å². The van der Waals surface area contributed by atoms with Gasteiger partial charge in [0.1, 0.15) is 0 Å². The van der Waals surface area contributed by atoms with E-state index in [-0.39, 0.29) is 16.6 Å². The van der Waals surface area contributed by atoms with Crippen molar-refractivity contribution in [1.82, 2.24) is 9.62 Å². The standard InChI is InChI=1S/C12H15N3O4S/c16-15(17)10-3-1-2-4-12(10)20(18,19)14-6-5-9-7-13-8-11(9)14/h1-4,9,11,13H,5-8H2/t9-,11+/m1/s1. The third-order valence-corrected chi connectivity index (χ3v) is 6.01. The predicted molar refractivity (Wildman–Crippen MR) is 71.8 cm³/mol. The van der Waals surface area contributed by atoms with E-state index in [1.165, 1.54) is 28.6 Å². The molecule has 2 atom stereocenters. The minimum absolute atomic E-state index is 0.0835. The van der Waals surface area contributed by atoms with Crippen molar-refractivity contribution >= 4 is 15.7 Å². The number of nitrogens with one attached hydrogen (secondary N) is 1. The number of hydrogen-bond acceptors (Lipinski definition) is 5. The summed E-state index contributed by atoms with van der Waals surface area (Å²) in [6, 6.07) is 5.44. The lowest BCUT2D eigenvalue weighted by molar-refractivity contribution is -0.387. The zero-order valence-electron chi connectivity index (χ0n) is 10.7. The van der Waals surface area contributed by atoms with Gasteiger partial charge >= 0.3 is 0 Å². The minimum atomic E-state index is -3.82. The SMILES string of the molecule is O=[N+]([O-])c1ccccc1S(=O)(=O)N1CC[C@@H]2CNC[C@@H]21. The van der Waals surface area contributed by atoms with Gasteiger partial charge in [0.25, 0.3) is 5.69 Å². The Morgan fingerprint density at radius 1 is 1.30 bits per heavy atom. The summed E-state index contributed by atoms with van der Waals surface area (Å²) in [6.45, 7) is 1.86. The maximum Gasteiger partial charge on any atom is 0.289 e. The van der Waals surface area contributed by atoms with Crippen LogP contribution in [0.3, 0.4) is 0 Å². The highest BCUT2D eigenvalue weighted by Gasteiger charge is 2.45. The second-order valence-electron chi connectivity index (χ2n) is 5.11. The normalized spacial score (nSPS) is 26.6. The monoisotopic (exact) mass is 297 g/mol. The van der Waals surface area contributed by atoms with Gasteiger partial charge in [0.2, 0.25) is 10.0 Å². The molecule has 0 amide bonds. The zero-order chi connectivity index (χ0) is 14.3. The highest BCUT2D eigenvalue weighted by atomic mass is 32.2. The first-order valence-corrected chi connectivity index (χ1v) is 7.92. The summed E-state index contributed by atoms with van der Waals surface area (Å²) >= 11 is 0. The van der Waals surface area contributed by atoms with Gasteiger partial charge in [-0.1, -0.05) is 12.1 Å². The number of rotatable bonds is 3. The average Bonchev–Trinajstić information content (AvgIpc) is 3.00. The van der Waals surface area contributed by atoms with Crippen LogP contribution in [0.2, 0.25) is 0 Å². The van der Waals surface area contributed by atoms with Crippen molar-refractivity contribution in [3.8, 4) is 0 Å². The topological polar surface area (TPSA) is 92.5 Å². The molecule has 2 aliphatic rings. The van der Waals surface area contributed by atoms with Crippen molar-refractivity contribution in [3.63, 3.8) is 0 Å². The molecule has 0 radical (unpaired) electrons. The Hall–Kier alpha value is -1.51. The third kappa shape index (κ3) is 2.00.